The Morgan fingerprint density at radius 3 is 2.65 bits per heavy atom. The second-order valence-electron chi connectivity index (χ2n) is 5.16. The molecule has 1 heterocycles. The molecule has 2 aromatic rings. The molecule has 0 radical (unpaired) electrons. The smallest absolute Gasteiger partial charge is 0.220 e. The van der Waals surface area contributed by atoms with Crippen LogP contribution in [0.2, 0.25) is 0 Å². The second kappa shape index (κ2) is 8.96. The molecule has 0 saturated carbocycles. The lowest BCUT2D eigenvalue weighted by molar-refractivity contribution is -0.121. The van der Waals surface area contributed by atoms with Gasteiger partial charge in [0.1, 0.15) is 10.8 Å². The molecule has 4 nitrogen and oxygen atoms in total. The molecule has 126 valence electrons. The molecule has 0 saturated heterocycles. The van der Waals surface area contributed by atoms with Crippen molar-refractivity contribution in [2.75, 3.05) is 6.54 Å². The predicted molar refractivity (Wildman–Crippen MR) is 94.3 cm³/mol. The Balaban J connectivity index is 0.00000264. The zero-order chi connectivity index (χ0) is 16.1. The number of aromatic nitrogens is 1. The maximum absolute atomic E-state index is 13.0. The Morgan fingerprint density at radius 1 is 1.39 bits per heavy atom. The van der Waals surface area contributed by atoms with Crippen LogP contribution in [0.3, 0.4) is 0 Å². The first-order chi connectivity index (χ1) is 10.5. The summed E-state index contributed by atoms with van der Waals surface area (Å²) in [7, 11) is 0. The first-order valence-corrected chi connectivity index (χ1v) is 8.05. The molecular weight excluding hydrogens is 337 g/mol. The van der Waals surface area contributed by atoms with Crippen LogP contribution in [0.1, 0.15) is 36.4 Å². The number of carbonyl (C=O) groups excluding carboxylic acids is 1. The van der Waals surface area contributed by atoms with Crippen LogP contribution < -0.4 is 11.1 Å². The van der Waals surface area contributed by atoms with Crippen molar-refractivity contribution in [1.29, 1.82) is 0 Å². The van der Waals surface area contributed by atoms with Crippen molar-refractivity contribution in [3.05, 3.63) is 40.7 Å². The number of nitrogens with one attached hydrogen (secondary N) is 1. The van der Waals surface area contributed by atoms with Gasteiger partial charge in [-0.1, -0.05) is 0 Å². The predicted octanol–water partition coefficient (Wildman–Crippen LogP) is 3.60. The van der Waals surface area contributed by atoms with Crippen LogP contribution >= 0.6 is 23.7 Å². The molecule has 1 unspecified atom stereocenters. The van der Waals surface area contributed by atoms with Crippen LogP contribution in [0.15, 0.2) is 24.3 Å². The Hall–Kier alpha value is -1.50. The average molecular weight is 358 g/mol. The molecule has 7 heteroatoms. The minimum Gasteiger partial charge on any atom is -0.349 e. The summed E-state index contributed by atoms with van der Waals surface area (Å²) in [4.78, 5) is 17.3. The molecule has 1 aromatic carbocycles. The van der Waals surface area contributed by atoms with Gasteiger partial charge in [0.2, 0.25) is 5.91 Å². The number of hydrogen-bond acceptors (Lipinski definition) is 4. The van der Waals surface area contributed by atoms with Gasteiger partial charge in [-0.25, -0.2) is 9.37 Å². The number of amides is 1. The van der Waals surface area contributed by atoms with Gasteiger partial charge in [0.25, 0.3) is 0 Å². The van der Waals surface area contributed by atoms with Crippen molar-refractivity contribution in [3.63, 3.8) is 0 Å². The van der Waals surface area contributed by atoms with E-state index >= 15 is 0 Å². The van der Waals surface area contributed by atoms with Gasteiger partial charge in [-0.15, -0.1) is 23.7 Å². The van der Waals surface area contributed by atoms with Gasteiger partial charge in [-0.3, -0.25) is 4.79 Å². The molecule has 0 fully saturated rings. The Labute approximate surface area is 145 Å². The number of hydrogen-bond donors (Lipinski definition) is 2. The quantitative estimate of drug-likeness (QED) is 0.830. The molecule has 2 rings (SSSR count). The summed E-state index contributed by atoms with van der Waals surface area (Å²) in [6, 6.07) is 6.16. The normalized spacial score (nSPS) is 11.7. The van der Waals surface area contributed by atoms with E-state index in [-0.39, 0.29) is 30.2 Å². The molecule has 0 aliphatic rings. The fourth-order valence-corrected chi connectivity index (χ4v) is 3.24. The zero-order valence-corrected chi connectivity index (χ0v) is 14.8. The molecule has 0 aliphatic carbocycles. The van der Waals surface area contributed by atoms with E-state index in [4.69, 9.17) is 5.73 Å². The Morgan fingerprint density at radius 2 is 2.04 bits per heavy atom. The molecular formula is C16H21ClFN3OS. The van der Waals surface area contributed by atoms with E-state index in [1.165, 1.54) is 23.5 Å². The van der Waals surface area contributed by atoms with E-state index in [1.54, 1.807) is 12.1 Å². The van der Waals surface area contributed by atoms with Crippen LogP contribution in [0, 0.1) is 12.7 Å². The van der Waals surface area contributed by atoms with Gasteiger partial charge >= 0.3 is 0 Å². The first kappa shape index (κ1) is 19.5. The lowest BCUT2D eigenvalue weighted by atomic mass is 10.2. The Bertz CT molecular complexity index is 645. The van der Waals surface area contributed by atoms with Crippen molar-refractivity contribution in [3.8, 4) is 10.6 Å². The van der Waals surface area contributed by atoms with E-state index < -0.39 is 0 Å². The molecule has 1 amide bonds. The summed E-state index contributed by atoms with van der Waals surface area (Å²) in [6.07, 6.45) is 1.12. The average Bonchev–Trinajstić information content (AvgIpc) is 2.88. The maximum atomic E-state index is 13.0. The van der Waals surface area contributed by atoms with E-state index in [2.05, 4.69) is 10.3 Å². The molecule has 0 aliphatic heterocycles. The number of carbonyl (C=O) groups is 1. The second-order valence-corrected chi connectivity index (χ2v) is 6.19. The highest BCUT2D eigenvalue weighted by Gasteiger charge is 2.17. The third-order valence-corrected chi connectivity index (χ3v) is 4.69. The van der Waals surface area contributed by atoms with Crippen molar-refractivity contribution in [1.82, 2.24) is 10.3 Å². The lowest BCUT2D eigenvalue weighted by Crippen LogP contribution is -2.26. The molecule has 23 heavy (non-hydrogen) atoms. The molecule has 0 bridgehead atoms. The van der Waals surface area contributed by atoms with Gasteiger partial charge in [-0.05, 0) is 51.1 Å². The standard InChI is InChI=1S/C16H20FN3OS.ClH/c1-10(19-14(21)4-3-9-18)15-11(2)20-16(22-15)12-5-7-13(17)8-6-12;/h5-8,10H,3-4,9,18H2,1-2H3,(H,19,21);1H. The van der Waals surface area contributed by atoms with Crippen LogP contribution in [-0.2, 0) is 4.79 Å². The van der Waals surface area contributed by atoms with Crippen LogP contribution in [0.5, 0.6) is 0 Å². The van der Waals surface area contributed by atoms with Gasteiger partial charge in [-0.2, -0.15) is 0 Å². The summed E-state index contributed by atoms with van der Waals surface area (Å²) in [5, 5.41) is 3.79. The van der Waals surface area contributed by atoms with Gasteiger partial charge in [0.05, 0.1) is 16.6 Å². The first-order valence-electron chi connectivity index (χ1n) is 7.24. The fraction of sp³-hybridized carbons (Fsp3) is 0.375. The Kier molecular flexibility index (Phi) is 7.61. The minimum atomic E-state index is -0.266. The van der Waals surface area contributed by atoms with Crippen LogP contribution in [0.25, 0.3) is 10.6 Å². The fourth-order valence-electron chi connectivity index (χ4n) is 2.17. The number of nitrogens with zero attached hydrogens (tertiary/aromatic N) is 1. The summed E-state index contributed by atoms with van der Waals surface area (Å²) >= 11 is 1.52. The number of benzene rings is 1. The topological polar surface area (TPSA) is 68.0 Å². The third-order valence-electron chi connectivity index (χ3n) is 3.30. The lowest BCUT2D eigenvalue weighted by Gasteiger charge is -2.12. The number of rotatable bonds is 6. The van der Waals surface area contributed by atoms with Crippen molar-refractivity contribution >= 4 is 29.7 Å². The van der Waals surface area contributed by atoms with Gasteiger partial charge in [0.15, 0.2) is 0 Å². The molecule has 1 atom stereocenters. The SMILES string of the molecule is Cc1nc(-c2ccc(F)cc2)sc1C(C)NC(=O)CCCN.Cl. The van der Waals surface area contributed by atoms with Gasteiger partial charge < -0.3 is 11.1 Å². The summed E-state index contributed by atoms with van der Waals surface area (Å²) in [5.41, 5.74) is 7.17. The largest absolute Gasteiger partial charge is 0.349 e. The monoisotopic (exact) mass is 357 g/mol. The van der Waals surface area contributed by atoms with Crippen molar-refractivity contribution in [2.45, 2.75) is 32.7 Å². The van der Waals surface area contributed by atoms with Crippen molar-refractivity contribution in [2.24, 2.45) is 5.73 Å². The third kappa shape index (κ3) is 5.27. The van der Waals surface area contributed by atoms with Gasteiger partial charge in [0, 0.05) is 12.0 Å². The summed E-state index contributed by atoms with van der Waals surface area (Å²) in [6.45, 7) is 4.37. The molecule has 1 aromatic heterocycles. The maximum Gasteiger partial charge on any atom is 0.220 e. The highest BCUT2D eigenvalue weighted by atomic mass is 35.5. The number of aryl methyl sites for hydroxylation is 1. The van der Waals surface area contributed by atoms with E-state index in [9.17, 15) is 9.18 Å². The van der Waals surface area contributed by atoms with Crippen LogP contribution in [-0.4, -0.2) is 17.4 Å². The zero-order valence-electron chi connectivity index (χ0n) is 13.1. The molecule has 0 spiro atoms. The van der Waals surface area contributed by atoms with Crippen molar-refractivity contribution < 1.29 is 9.18 Å². The van der Waals surface area contributed by atoms with E-state index in [0.29, 0.717) is 19.4 Å². The highest BCUT2D eigenvalue weighted by molar-refractivity contribution is 7.15. The van der Waals surface area contributed by atoms with E-state index in [1.807, 2.05) is 13.8 Å². The molecule has 3 N–H and O–H groups in total. The number of nitrogens with two attached hydrogens (primary N) is 1. The number of thiazole rings is 1. The summed E-state index contributed by atoms with van der Waals surface area (Å²) in [5.74, 6) is -0.271. The minimum absolute atomic E-state index is 0. The number of halogens is 2. The highest BCUT2D eigenvalue weighted by Crippen LogP contribution is 2.31. The van der Waals surface area contributed by atoms with Crippen LogP contribution in [0.4, 0.5) is 4.39 Å². The summed E-state index contributed by atoms with van der Waals surface area (Å²) < 4.78 is 13.0. The van der Waals surface area contributed by atoms with E-state index in [0.717, 1.165) is 21.1 Å².